The first-order chi connectivity index (χ1) is 12.3. The molecule has 140 valence electrons. The summed E-state index contributed by atoms with van der Waals surface area (Å²) < 4.78 is 33.1. The van der Waals surface area contributed by atoms with Crippen molar-refractivity contribution in [2.75, 3.05) is 6.54 Å². The molecule has 0 atom stereocenters. The monoisotopic (exact) mass is 411 g/mol. The van der Waals surface area contributed by atoms with Gasteiger partial charge in [0.1, 0.15) is 9.97 Å². The lowest BCUT2D eigenvalue weighted by molar-refractivity contribution is 0.393. The highest BCUT2D eigenvalue weighted by molar-refractivity contribution is 7.91. The molecule has 0 aliphatic heterocycles. The van der Waals surface area contributed by atoms with Gasteiger partial charge in [-0.25, -0.2) is 18.1 Å². The van der Waals surface area contributed by atoms with Gasteiger partial charge in [0, 0.05) is 22.7 Å². The highest BCUT2D eigenvalue weighted by Gasteiger charge is 2.20. The topological polar surface area (TPSA) is 85.1 Å². The van der Waals surface area contributed by atoms with Crippen molar-refractivity contribution in [1.82, 2.24) is 14.9 Å². The fraction of sp³-hybridized carbons (Fsp3) is 0.412. The van der Waals surface area contributed by atoms with Gasteiger partial charge in [0.05, 0.1) is 22.0 Å². The molecule has 0 fully saturated rings. The molecular weight excluding hydrogens is 390 g/mol. The second kappa shape index (κ2) is 7.59. The van der Waals surface area contributed by atoms with Gasteiger partial charge in [-0.15, -0.1) is 22.7 Å². The van der Waals surface area contributed by atoms with Crippen molar-refractivity contribution in [3.63, 3.8) is 0 Å². The number of hydrogen-bond acceptors (Lipinski definition) is 7. The van der Waals surface area contributed by atoms with E-state index in [1.54, 1.807) is 23.5 Å². The number of hydrogen-bond donors (Lipinski definition) is 1. The number of aromatic nitrogens is 2. The first-order valence-corrected chi connectivity index (χ1v) is 11.3. The molecular formula is C17H21N3O3S3. The number of thiazole rings is 1. The average Bonchev–Trinajstić information content (AvgIpc) is 3.25. The van der Waals surface area contributed by atoms with Crippen molar-refractivity contribution < 1.29 is 12.9 Å². The molecule has 0 bridgehead atoms. The number of sulfonamides is 1. The Kier molecular flexibility index (Phi) is 5.61. The lowest BCUT2D eigenvalue weighted by Crippen LogP contribution is -2.24. The van der Waals surface area contributed by atoms with Crippen LogP contribution in [0.1, 0.15) is 33.5 Å². The highest BCUT2D eigenvalue weighted by atomic mass is 32.2. The molecule has 0 saturated carbocycles. The van der Waals surface area contributed by atoms with E-state index in [2.05, 4.69) is 14.9 Å². The van der Waals surface area contributed by atoms with Crippen molar-refractivity contribution in [3.05, 3.63) is 39.2 Å². The van der Waals surface area contributed by atoms with E-state index in [-0.39, 0.29) is 0 Å². The molecule has 0 amide bonds. The van der Waals surface area contributed by atoms with Crippen LogP contribution in [0.3, 0.4) is 0 Å². The first kappa shape index (κ1) is 19.2. The van der Waals surface area contributed by atoms with Gasteiger partial charge in [0.15, 0.2) is 0 Å². The number of aryl methyl sites for hydroxylation is 5. The zero-order valence-corrected chi connectivity index (χ0v) is 17.6. The van der Waals surface area contributed by atoms with Crippen molar-refractivity contribution in [2.45, 2.75) is 44.7 Å². The quantitative estimate of drug-likeness (QED) is 0.594. The Morgan fingerprint density at radius 3 is 2.50 bits per heavy atom. The maximum atomic E-state index is 12.5. The van der Waals surface area contributed by atoms with E-state index >= 15 is 0 Å². The van der Waals surface area contributed by atoms with Crippen molar-refractivity contribution >= 4 is 32.7 Å². The standard InChI is InChI=1S/C17H21N3O3S3/c1-10-13(4)24-15(19-10)6-5-9-18-26(21,22)16-8-7-14(25-16)17-11(2)20-23-12(17)3/h7-8,18H,5-6,9H2,1-4H3. The van der Waals surface area contributed by atoms with Gasteiger partial charge in [-0.2, -0.15) is 0 Å². The molecule has 0 aliphatic rings. The Bertz CT molecular complexity index is 976. The van der Waals surface area contributed by atoms with Crippen LogP contribution in [0.15, 0.2) is 20.9 Å². The Morgan fingerprint density at radius 1 is 1.12 bits per heavy atom. The van der Waals surface area contributed by atoms with Gasteiger partial charge < -0.3 is 4.52 Å². The third kappa shape index (κ3) is 4.06. The summed E-state index contributed by atoms with van der Waals surface area (Å²) in [6.07, 6.45) is 1.49. The smallest absolute Gasteiger partial charge is 0.250 e. The van der Waals surface area contributed by atoms with Crippen LogP contribution in [0.2, 0.25) is 0 Å². The molecule has 3 aromatic rings. The Morgan fingerprint density at radius 2 is 1.88 bits per heavy atom. The third-order valence-electron chi connectivity index (χ3n) is 4.06. The fourth-order valence-electron chi connectivity index (χ4n) is 2.60. The van der Waals surface area contributed by atoms with Gasteiger partial charge >= 0.3 is 0 Å². The van der Waals surface area contributed by atoms with E-state index in [0.717, 1.165) is 33.3 Å². The van der Waals surface area contributed by atoms with E-state index < -0.39 is 10.0 Å². The minimum atomic E-state index is -3.51. The molecule has 0 unspecified atom stereocenters. The number of rotatable bonds is 7. The molecule has 0 aromatic carbocycles. The lowest BCUT2D eigenvalue weighted by atomic mass is 10.2. The van der Waals surface area contributed by atoms with E-state index in [1.807, 2.05) is 27.7 Å². The molecule has 3 rings (SSSR count). The Hall–Kier alpha value is -1.55. The lowest BCUT2D eigenvalue weighted by Gasteiger charge is -2.03. The molecule has 0 spiro atoms. The van der Waals surface area contributed by atoms with Gasteiger partial charge in [-0.1, -0.05) is 5.16 Å². The molecule has 26 heavy (non-hydrogen) atoms. The molecule has 1 N–H and O–H groups in total. The van der Waals surface area contributed by atoms with E-state index in [0.29, 0.717) is 22.9 Å². The number of nitrogens with one attached hydrogen (secondary N) is 1. The summed E-state index contributed by atoms with van der Waals surface area (Å²) in [6, 6.07) is 3.43. The Balaban J connectivity index is 1.62. The molecule has 3 heterocycles. The molecule has 6 nitrogen and oxygen atoms in total. The third-order valence-corrected chi connectivity index (χ3v) is 8.25. The molecule has 0 radical (unpaired) electrons. The summed E-state index contributed by atoms with van der Waals surface area (Å²) in [7, 11) is -3.51. The zero-order chi connectivity index (χ0) is 18.9. The largest absolute Gasteiger partial charge is 0.361 e. The van der Waals surface area contributed by atoms with Gasteiger partial charge in [0.2, 0.25) is 10.0 Å². The minimum absolute atomic E-state index is 0.299. The van der Waals surface area contributed by atoms with Gasteiger partial charge in [-0.3, -0.25) is 0 Å². The van der Waals surface area contributed by atoms with E-state index in [1.165, 1.54) is 16.2 Å². The Labute approximate surface area is 161 Å². The van der Waals surface area contributed by atoms with Crippen LogP contribution in [0.25, 0.3) is 10.4 Å². The summed E-state index contributed by atoms with van der Waals surface area (Å²) in [5.74, 6) is 0.690. The second-order valence-electron chi connectivity index (χ2n) is 6.07. The summed E-state index contributed by atoms with van der Waals surface area (Å²) in [5, 5.41) is 4.97. The predicted molar refractivity (Wildman–Crippen MR) is 104 cm³/mol. The average molecular weight is 412 g/mol. The van der Waals surface area contributed by atoms with Crippen molar-refractivity contribution in [1.29, 1.82) is 0 Å². The number of nitrogens with zero attached hydrogens (tertiary/aromatic N) is 2. The molecule has 3 aromatic heterocycles. The minimum Gasteiger partial charge on any atom is -0.361 e. The van der Waals surface area contributed by atoms with Crippen LogP contribution >= 0.6 is 22.7 Å². The summed E-state index contributed by atoms with van der Waals surface area (Å²) in [6.45, 7) is 8.10. The maximum absolute atomic E-state index is 12.5. The zero-order valence-electron chi connectivity index (χ0n) is 15.1. The maximum Gasteiger partial charge on any atom is 0.250 e. The predicted octanol–water partition coefficient (Wildman–Crippen LogP) is 4.00. The van der Waals surface area contributed by atoms with Crippen LogP contribution in [0.4, 0.5) is 0 Å². The molecule has 0 aliphatic carbocycles. The summed E-state index contributed by atoms with van der Waals surface area (Å²) in [5.41, 5.74) is 2.68. The van der Waals surface area contributed by atoms with Crippen molar-refractivity contribution in [3.8, 4) is 10.4 Å². The van der Waals surface area contributed by atoms with Gasteiger partial charge in [-0.05, 0) is 46.2 Å². The van der Waals surface area contributed by atoms with E-state index in [4.69, 9.17) is 4.52 Å². The van der Waals surface area contributed by atoms with Crippen LogP contribution in [0.5, 0.6) is 0 Å². The first-order valence-electron chi connectivity index (χ1n) is 8.23. The SMILES string of the molecule is Cc1nc(CCCNS(=O)(=O)c2ccc(-c3c(C)noc3C)s2)sc1C. The summed E-state index contributed by atoms with van der Waals surface area (Å²) in [4.78, 5) is 6.54. The molecule has 9 heteroatoms. The highest BCUT2D eigenvalue weighted by Crippen LogP contribution is 2.34. The van der Waals surface area contributed by atoms with Gasteiger partial charge in [0.25, 0.3) is 0 Å². The van der Waals surface area contributed by atoms with Crippen LogP contribution in [-0.4, -0.2) is 25.1 Å². The van der Waals surface area contributed by atoms with Crippen LogP contribution < -0.4 is 4.72 Å². The van der Waals surface area contributed by atoms with Crippen molar-refractivity contribution in [2.24, 2.45) is 0 Å². The molecule has 0 saturated heterocycles. The van der Waals surface area contributed by atoms with Crippen LogP contribution in [0, 0.1) is 27.7 Å². The number of thiophene rings is 1. The van der Waals surface area contributed by atoms with Crippen LogP contribution in [-0.2, 0) is 16.4 Å². The summed E-state index contributed by atoms with van der Waals surface area (Å²) >= 11 is 2.90. The normalized spacial score (nSPS) is 12.0. The second-order valence-corrected chi connectivity index (χ2v) is 10.4. The fourth-order valence-corrected chi connectivity index (χ4v) is 6.14. The van der Waals surface area contributed by atoms with E-state index in [9.17, 15) is 8.42 Å².